The lowest BCUT2D eigenvalue weighted by molar-refractivity contribution is 0.0946. The maximum atomic E-state index is 12.0. The van der Waals surface area contributed by atoms with Gasteiger partial charge >= 0.3 is 0 Å². The first kappa shape index (κ1) is 14.9. The number of nitrogens with one attached hydrogen (secondary N) is 1. The lowest BCUT2D eigenvalue weighted by Gasteiger charge is -2.07. The quantitative estimate of drug-likeness (QED) is 0.644. The zero-order chi connectivity index (χ0) is 15.2. The van der Waals surface area contributed by atoms with Crippen molar-refractivity contribution in [1.82, 2.24) is 5.32 Å². The molecule has 0 fully saturated rings. The van der Waals surface area contributed by atoms with Crippen LogP contribution < -0.4 is 11.1 Å². The van der Waals surface area contributed by atoms with Crippen molar-refractivity contribution in [2.45, 2.75) is 6.54 Å². The van der Waals surface area contributed by atoms with Gasteiger partial charge in [-0.05, 0) is 18.2 Å². The molecule has 0 unspecified atom stereocenters. The number of benzene rings is 1. The van der Waals surface area contributed by atoms with Gasteiger partial charge in [-0.1, -0.05) is 17.9 Å². The minimum atomic E-state index is -0.534. The molecule has 1 amide bonds. The van der Waals surface area contributed by atoms with Gasteiger partial charge in [0.05, 0.1) is 13.1 Å². The second-order valence-electron chi connectivity index (χ2n) is 4.16. The number of aromatic hydroxyl groups is 2. The number of nitrogens with two attached hydrogens (primary N) is 1. The number of rotatable bonds is 3. The van der Waals surface area contributed by atoms with Crippen molar-refractivity contribution in [3.05, 3.63) is 45.6 Å². The molecule has 0 saturated carbocycles. The number of hydrogen-bond acceptors (Lipinski definition) is 5. The molecule has 2 aromatic rings. The van der Waals surface area contributed by atoms with E-state index in [0.717, 1.165) is 10.4 Å². The molecule has 0 atom stereocenters. The molecule has 1 heterocycles. The molecule has 0 aliphatic rings. The fraction of sp³-hybridized carbons (Fsp3) is 0.133. The summed E-state index contributed by atoms with van der Waals surface area (Å²) in [5, 5.41) is 23.7. The zero-order valence-corrected chi connectivity index (χ0v) is 11.9. The molecular weight excluding hydrogens is 288 g/mol. The van der Waals surface area contributed by atoms with Crippen molar-refractivity contribution in [1.29, 1.82) is 0 Å². The van der Waals surface area contributed by atoms with Crippen LogP contribution >= 0.6 is 11.3 Å². The third-order valence-electron chi connectivity index (χ3n) is 2.66. The van der Waals surface area contributed by atoms with Gasteiger partial charge in [0.2, 0.25) is 0 Å². The van der Waals surface area contributed by atoms with Gasteiger partial charge in [0.1, 0.15) is 17.1 Å². The van der Waals surface area contributed by atoms with E-state index in [1.54, 1.807) is 0 Å². The molecule has 1 aromatic carbocycles. The third-order valence-corrected chi connectivity index (χ3v) is 3.60. The van der Waals surface area contributed by atoms with Gasteiger partial charge in [0.15, 0.2) is 0 Å². The number of phenolic OH excluding ortho intramolecular Hbond substituents is 2. The summed E-state index contributed by atoms with van der Waals surface area (Å²) in [5.74, 6) is 4.61. The van der Waals surface area contributed by atoms with Gasteiger partial charge < -0.3 is 21.3 Å². The van der Waals surface area contributed by atoms with Gasteiger partial charge in [-0.3, -0.25) is 4.79 Å². The first-order valence-electron chi connectivity index (χ1n) is 6.17. The van der Waals surface area contributed by atoms with Crippen LogP contribution in [0.25, 0.3) is 0 Å². The Labute approximate surface area is 126 Å². The topological polar surface area (TPSA) is 95.6 Å². The number of amides is 1. The highest BCUT2D eigenvalue weighted by Crippen LogP contribution is 2.26. The molecule has 0 saturated heterocycles. The van der Waals surface area contributed by atoms with Crippen molar-refractivity contribution < 1.29 is 15.0 Å². The predicted molar refractivity (Wildman–Crippen MR) is 81.2 cm³/mol. The van der Waals surface area contributed by atoms with Crippen LogP contribution in [0.15, 0.2) is 29.6 Å². The molecule has 0 bridgehead atoms. The van der Waals surface area contributed by atoms with Crippen LogP contribution in [0.1, 0.15) is 20.8 Å². The minimum absolute atomic E-state index is 0.128. The minimum Gasteiger partial charge on any atom is -0.507 e. The normalized spacial score (nSPS) is 9.76. The average molecular weight is 302 g/mol. The summed E-state index contributed by atoms with van der Waals surface area (Å²) >= 11 is 1.46. The number of carbonyl (C=O) groups is 1. The van der Waals surface area contributed by atoms with Crippen LogP contribution in [0.5, 0.6) is 11.5 Å². The summed E-state index contributed by atoms with van der Waals surface area (Å²) in [6, 6.07) is 6.02. The molecule has 108 valence electrons. The number of carbonyl (C=O) groups excluding carboxylic acids is 1. The second kappa shape index (κ2) is 6.79. The fourth-order valence-electron chi connectivity index (χ4n) is 1.71. The lowest BCUT2D eigenvalue weighted by atomic mass is 10.1. The van der Waals surface area contributed by atoms with Crippen LogP contribution in [-0.4, -0.2) is 22.7 Å². The van der Waals surface area contributed by atoms with E-state index in [1.165, 1.54) is 29.5 Å². The lowest BCUT2D eigenvalue weighted by Crippen LogP contribution is -2.22. The van der Waals surface area contributed by atoms with E-state index in [9.17, 15) is 15.0 Å². The molecule has 6 heteroatoms. The maximum absolute atomic E-state index is 12.0. The predicted octanol–water partition coefficient (Wildman–Crippen LogP) is 1.40. The SMILES string of the molecule is NCC#Cc1csc(CNC(=O)c2c(O)cccc2O)c1. The Hall–Kier alpha value is -2.49. The van der Waals surface area contributed by atoms with Gasteiger partial charge in [-0.2, -0.15) is 0 Å². The van der Waals surface area contributed by atoms with E-state index < -0.39 is 5.91 Å². The molecular formula is C15H14N2O3S. The van der Waals surface area contributed by atoms with Gasteiger partial charge in [0.25, 0.3) is 5.91 Å². The van der Waals surface area contributed by atoms with Crippen LogP contribution in [0.2, 0.25) is 0 Å². The zero-order valence-electron chi connectivity index (χ0n) is 11.1. The third kappa shape index (κ3) is 3.75. The number of thiophene rings is 1. The molecule has 0 radical (unpaired) electrons. The van der Waals surface area contributed by atoms with Crippen LogP contribution in [-0.2, 0) is 6.54 Å². The Bertz CT molecular complexity index is 693. The molecule has 21 heavy (non-hydrogen) atoms. The van der Waals surface area contributed by atoms with Crippen molar-refractivity contribution in [3.63, 3.8) is 0 Å². The highest BCUT2D eigenvalue weighted by atomic mass is 32.1. The van der Waals surface area contributed by atoms with Crippen LogP contribution in [0.3, 0.4) is 0 Å². The smallest absolute Gasteiger partial charge is 0.259 e. The van der Waals surface area contributed by atoms with Crippen LogP contribution in [0, 0.1) is 11.8 Å². The van der Waals surface area contributed by atoms with E-state index in [1.807, 2.05) is 11.4 Å². The van der Waals surface area contributed by atoms with Gasteiger partial charge in [-0.15, -0.1) is 11.3 Å². The molecule has 5 nitrogen and oxygen atoms in total. The van der Waals surface area contributed by atoms with Crippen LogP contribution in [0.4, 0.5) is 0 Å². The van der Waals surface area contributed by atoms with E-state index in [0.29, 0.717) is 13.1 Å². The Balaban J connectivity index is 2.03. The van der Waals surface area contributed by atoms with E-state index in [-0.39, 0.29) is 17.1 Å². The molecule has 0 spiro atoms. The summed E-state index contributed by atoms with van der Waals surface area (Å²) < 4.78 is 0. The number of phenols is 2. The van der Waals surface area contributed by atoms with E-state index >= 15 is 0 Å². The van der Waals surface area contributed by atoms with Crippen molar-refractivity contribution in [2.75, 3.05) is 6.54 Å². The molecule has 2 rings (SSSR count). The van der Waals surface area contributed by atoms with E-state index in [4.69, 9.17) is 5.73 Å². The Morgan fingerprint density at radius 1 is 1.33 bits per heavy atom. The van der Waals surface area contributed by atoms with E-state index in [2.05, 4.69) is 17.2 Å². The summed E-state index contributed by atoms with van der Waals surface area (Å²) in [5.41, 5.74) is 6.02. The molecule has 0 aliphatic carbocycles. The van der Waals surface area contributed by atoms with Crippen molar-refractivity contribution in [3.8, 4) is 23.3 Å². The summed E-state index contributed by atoms with van der Waals surface area (Å²) in [7, 11) is 0. The summed E-state index contributed by atoms with van der Waals surface area (Å²) in [4.78, 5) is 12.9. The Morgan fingerprint density at radius 2 is 2.05 bits per heavy atom. The summed E-state index contributed by atoms with van der Waals surface area (Å²) in [6.07, 6.45) is 0. The maximum Gasteiger partial charge on any atom is 0.259 e. The first-order chi connectivity index (χ1) is 10.1. The standard InChI is InChI=1S/C15H14N2O3S/c16-6-2-3-10-7-11(21-9-10)8-17-15(20)14-12(18)4-1-5-13(14)19/h1,4-5,7,9,18-19H,6,8,16H2,(H,17,20). The molecule has 0 aliphatic heterocycles. The highest BCUT2D eigenvalue weighted by Gasteiger charge is 2.15. The second-order valence-corrected chi connectivity index (χ2v) is 5.16. The molecule has 5 N–H and O–H groups in total. The Kier molecular flexibility index (Phi) is 4.82. The van der Waals surface area contributed by atoms with Gasteiger partial charge in [-0.25, -0.2) is 0 Å². The Morgan fingerprint density at radius 3 is 2.71 bits per heavy atom. The first-order valence-corrected chi connectivity index (χ1v) is 7.05. The van der Waals surface area contributed by atoms with Gasteiger partial charge in [0, 0.05) is 15.8 Å². The monoisotopic (exact) mass is 302 g/mol. The average Bonchev–Trinajstić information content (AvgIpc) is 2.90. The highest BCUT2D eigenvalue weighted by molar-refractivity contribution is 7.10. The van der Waals surface area contributed by atoms with Crippen molar-refractivity contribution in [2.24, 2.45) is 5.73 Å². The number of hydrogen-bond donors (Lipinski definition) is 4. The summed E-state index contributed by atoms with van der Waals surface area (Å²) in [6.45, 7) is 0.593. The molecule has 1 aromatic heterocycles. The van der Waals surface area contributed by atoms with Crippen molar-refractivity contribution >= 4 is 17.2 Å². The fourth-order valence-corrected chi connectivity index (χ4v) is 2.46. The largest absolute Gasteiger partial charge is 0.507 e.